The number of carbonyl (C=O) groups is 1. The molecule has 0 spiro atoms. The first-order valence-corrected chi connectivity index (χ1v) is 11.2. The molecule has 11 nitrogen and oxygen atoms in total. The Morgan fingerprint density at radius 1 is 1.06 bits per heavy atom. The summed E-state index contributed by atoms with van der Waals surface area (Å²) in [5.41, 5.74) is 3.28. The van der Waals surface area contributed by atoms with E-state index in [0.717, 1.165) is 28.6 Å². The minimum atomic E-state index is -4.44. The first-order chi connectivity index (χ1) is 16.3. The maximum absolute atomic E-state index is 13.1. The fourth-order valence-electron chi connectivity index (χ4n) is 3.27. The lowest BCUT2D eigenvalue weighted by molar-refractivity contribution is -0.385. The number of hydrogen-bond donors (Lipinski definition) is 4. The Kier molecular flexibility index (Phi) is 5.97. The van der Waals surface area contributed by atoms with Crippen molar-refractivity contribution in [1.29, 1.82) is 0 Å². The van der Waals surface area contributed by atoms with Crippen molar-refractivity contribution >= 4 is 50.2 Å². The topological polar surface area (TPSA) is 167 Å². The van der Waals surface area contributed by atoms with E-state index in [1.54, 1.807) is 6.20 Å². The summed E-state index contributed by atoms with van der Waals surface area (Å²) >= 11 is 0. The molecule has 34 heavy (non-hydrogen) atoms. The first kappa shape index (κ1) is 22.5. The zero-order valence-corrected chi connectivity index (χ0v) is 18.1. The van der Waals surface area contributed by atoms with Crippen molar-refractivity contribution in [2.45, 2.75) is 4.90 Å². The van der Waals surface area contributed by atoms with Gasteiger partial charge in [-0.1, -0.05) is 30.3 Å². The number of fused-ring (bicyclic) bond motifs is 1. The van der Waals surface area contributed by atoms with Crippen LogP contribution in [0.1, 0.15) is 15.9 Å². The molecule has 12 heteroatoms. The molecule has 0 atom stereocenters. The van der Waals surface area contributed by atoms with Crippen LogP contribution < -0.4 is 10.1 Å². The van der Waals surface area contributed by atoms with E-state index in [-0.39, 0.29) is 16.9 Å². The van der Waals surface area contributed by atoms with Crippen molar-refractivity contribution < 1.29 is 23.2 Å². The molecule has 0 fully saturated rings. The number of anilines is 2. The van der Waals surface area contributed by atoms with E-state index < -0.39 is 31.5 Å². The summed E-state index contributed by atoms with van der Waals surface area (Å²) in [5, 5.41) is 25.6. The number of hydrazone groups is 1. The number of carboxylic acid groups (broad SMARTS) is 1. The monoisotopic (exact) mass is 479 g/mol. The number of aromatic amines is 1. The van der Waals surface area contributed by atoms with Gasteiger partial charge in [-0.15, -0.1) is 0 Å². The number of hydrogen-bond acceptors (Lipinski definition) is 7. The minimum Gasteiger partial charge on any atom is -0.478 e. The van der Waals surface area contributed by atoms with Gasteiger partial charge in [-0.2, -0.15) is 5.10 Å². The molecule has 0 bridgehead atoms. The molecule has 0 aliphatic carbocycles. The SMILES string of the molecule is O=C(O)c1ccccc1NS(=O)(=O)c1cc([N+](=O)[O-])ccc1NN=Cc1c[nH]c2ccccc12. The van der Waals surface area contributed by atoms with Gasteiger partial charge in [-0.3, -0.25) is 20.3 Å². The Labute approximate surface area is 193 Å². The zero-order chi connectivity index (χ0) is 24.3. The maximum atomic E-state index is 13.1. The average molecular weight is 479 g/mol. The van der Waals surface area contributed by atoms with Gasteiger partial charge >= 0.3 is 5.97 Å². The minimum absolute atomic E-state index is 0.0398. The molecule has 0 aliphatic heterocycles. The summed E-state index contributed by atoms with van der Waals surface area (Å²) in [6, 6.07) is 16.2. The molecule has 0 aliphatic rings. The molecule has 4 rings (SSSR count). The smallest absolute Gasteiger partial charge is 0.337 e. The normalized spacial score (nSPS) is 11.5. The Morgan fingerprint density at radius 2 is 1.79 bits per heavy atom. The molecule has 0 saturated heterocycles. The van der Waals surface area contributed by atoms with Crippen LogP contribution >= 0.6 is 0 Å². The summed E-state index contributed by atoms with van der Waals surface area (Å²) < 4.78 is 28.4. The van der Waals surface area contributed by atoms with Crippen molar-refractivity contribution in [3.05, 3.63) is 94.2 Å². The molecule has 0 amide bonds. The Balaban J connectivity index is 1.69. The lowest BCUT2D eigenvalue weighted by Crippen LogP contribution is -2.17. The number of nitrogens with zero attached hydrogens (tertiary/aromatic N) is 2. The molecule has 3 aromatic carbocycles. The summed E-state index contributed by atoms with van der Waals surface area (Å²) in [7, 11) is -4.44. The van der Waals surface area contributed by atoms with E-state index in [1.807, 2.05) is 24.3 Å². The van der Waals surface area contributed by atoms with Crippen LogP contribution in [0, 0.1) is 10.1 Å². The first-order valence-electron chi connectivity index (χ1n) is 9.75. The van der Waals surface area contributed by atoms with Crippen molar-refractivity contribution in [1.82, 2.24) is 4.98 Å². The molecular weight excluding hydrogens is 462 g/mol. The Bertz CT molecular complexity index is 1540. The molecule has 0 unspecified atom stereocenters. The molecule has 172 valence electrons. The number of H-pyrrole nitrogens is 1. The lowest BCUT2D eigenvalue weighted by Gasteiger charge is -2.13. The number of non-ortho nitro benzene ring substituents is 1. The third-order valence-electron chi connectivity index (χ3n) is 4.88. The second-order valence-corrected chi connectivity index (χ2v) is 8.70. The number of nitro benzene ring substituents is 1. The van der Waals surface area contributed by atoms with Crippen LogP contribution in [-0.2, 0) is 10.0 Å². The van der Waals surface area contributed by atoms with Crippen LogP contribution in [0.4, 0.5) is 17.1 Å². The van der Waals surface area contributed by atoms with Gasteiger partial charge in [0.15, 0.2) is 0 Å². The van der Waals surface area contributed by atoms with E-state index in [4.69, 9.17) is 0 Å². The standard InChI is InChI=1S/C22H17N5O6S/c28-22(29)17-6-2-4-8-19(17)26-34(32,33)21-11-15(27(30)31)9-10-20(21)25-24-13-14-12-23-18-7-3-1-5-16(14)18/h1-13,23,25-26H,(H,28,29). The van der Waals surface area contributed by atoms with E-state index in [9.17, 15) is 28.4 Å². The fraction of sp³-hybridized carbons (Fsp3) is 0. The molecule has 4 N–H and O–H groups in total. The largest absolute Gasteiger partial charge is 0.478 e. The maximum Gasteiger partial charge on any atom is 0.337 e. The third-order valence-corrected chi connectivity index (χ3v) is 6.28. The summed E-state index contributed by atoms with van der Waals surface area (Å²) in [6.07, 6.45) is 3.21. The van der Waals surface area contributed by atoms with Crippen LogP contribution in [0.5, 0.6) is 0 Å². The van der Waals surface area contributed by atoms with Crippen molar-refractivity contribution in [3.8, 4) is 0 Å². The van der Waals surface area contributed by atoms with Gasteiger partial charge in [0.1, 0.15) is 4.90 Å². The molecular formula is C22H17N5O6S. The van der Waals surface area contributed by atoms with Gasteiger partial charge in [-0.05, 0) is 24.3 Å². The van der Waals surface area contributed by atoms with Crippen molar-refractivity contribution in [2.24, 2.45) is 5.10 Å². The third kappa shape index (κ3) is 4.56. The summed E-state index contributed by atoms with van der Waals surface area (Å²) in [4.78, 5) is 24.6. The van der Waals surface area contributed by atoms with Gasteiger partial charge in [0.2, 0.25) is 0 Å². The Morgan fingerprint density at radius 3 is 2.56 bits per heavy atom. The van der Waals surface area contributed by atoms with Crippen LogP contribution in [0.15, 0.2) is 82.9 Å². The number of sulfonamides is 1. The van der Waals surface area contributed by atoms with Crippen LogP contribution in [0.3, 0.4) is 0 Å². The number of carboxylic acids is 1. The highest BCUT2D eigenvalue weighted by Gasteiger charge is 2.24. The lowest BCUT2D eigenvalue weighted by atomic mass is 10.2. The van der Waals surface area contributed by atoms with Gasteiger partial charge in [0.05, 0.1) is 28.1 Å². The fourth-order valence-corrected chi connectivity index (χ4v) is 4.53. The number of nitro groups is 1. The van der Waals surface area contributed by atoms with Gasteiger partial charge in [0, 0.05) is 34.8 Å². The van der Waals surface area contributed by atoms with Crippen molar-refractivity contribution in [3.63, 3.8) is 0 Å². The van der Waals surface area contributed by atoms with Gasteiger partial charge in [-0.25, -0.2) is 13.2 Å². The number of para-hydroxylation sites is 2. The summed E-state index contributed by atoms with van der Waals surface area (Å²) in [5.74, 6) is -1.33. The second-order valence-electron chi connectivity index (χ2n) is 7.05. The highest BCUT2D eigenvalue weighted by molar-refractivity contribution is 7.93. The number of benzene rings is 3. The van der Waals surface area contributed by atoms with Gasteiger partial charge in [0.25, 0.3) is 15.7 Å². The van der Waals surface area contributed by atoms with Crippen molar-refractivity contribution in [2.75, 3.05) is 10.1 Å². The van der Waals surface area contributed by atoms with E-state index in [0.29, 0.717) is 0 Å². The molecule has 1 heterocycles. The predicted octanol–water partition coefficient (Wildman–Crippen LogP) is 4.02. The quantitative estimate of drug-likeness (QED) is 0.168. The predicted molar refractivity (Wildman–Crippen MR) is 127 cm³/mol. The number of nitrogens with one attached hydrogen (secondary N) is 3. The van der Waals surface area contributed by atoms with Crippen LogP contribution in [0.2, 0.25) is 0 Å². The number of aromatic nitrogens is 1. The number of rotatable bonds is 8. The van der Waals surface area contributed by atoms with Crippen LogP contribution in [0.25, 0.3) is 10.9 Å². The number of aromatic carboxylic acids is 1. The molecule has 1 aromatic heterocycles. The Hall–Kier alpha value is -4.71. The molecule has 0 saturated carbocycles. The van der Waals surface area contributed by atoms with E-state index in [1.165, 1.54) is 36.5 Å². The second kappa shape index (κ2) is 9.03. The van der Waals surface area contributed by atoms with E-state index in [2.05, 4.69) is 20.2 Å². The van der Waals surface area contributed by atoms with Crippen LogP contribution in [-0.4, -0.2) is 35.6 Å². The highest BCUT2D eigenvalue weighted by Crippen LogP contribution is 2.29. The highest BCUT2D eigenvalue weighted by atomic mass is 32.2. The summed E-state index contributed by atoms with van der Waals surface area (Å²) in [6.45, 7) is 0. The molecule has 0 radical (unpaired) electrons. The zero-order valence-electron chi connectivity index (χ0n) is 17.3. The molecule has 4 aromatic rings. The van der Waals surface area contributed by atoms with Gasteiger partial charge < -0.3 is 10.1 Å². The van der Waals surface area contributed by atoms with E-state index >= 15 is 0 Å². The average Bonchev–Trinajstić information content (AvgIpc) is 3.22.